The second-order valence-electron chi connectivity index (χ2n) is 6.51. The first-order valence-corrected chi connectivity index (χ1v) is 7.55. The molecule has 1 heterocycles. The number of piperidine rings is 1. The van der Waals surface area contributed by atoms with Gasteiger partial charge in [0, 0.05) is 18.9 Å². The molecule has 0 atom stereocenters. The van der Waals surface area contributed by atoms with Crippen LogP contribution < -0.4 is 0 Å². The monoisotopic (exact) mass is 249 g/mol. The number of rotatable bonds is 1. The van der Waals surface area contributed by atoms with E-state index in [1.165, 1.54) is 32.1 Å². The fourth-order valence-corrected chi connectivity index (χ4v) is 4.24. The quantitative estimate of drug-likeness (QED) is 0.670. The number of carbonyl (C=O) groups is 2. The molecule has 2 aliphatic carbocycles. The number of carbonyl (C=O) groups excluding carboxylic acids is 2. The molecule has 3 rings (SSSR count). The first-order chi connectivity index (χ1) is 8.70. The highest BCUT2D eigenvalue weighted by atomic mass is 16.2. The average molecular weight is 249 g/mol. The molecule has 3 heteroatoms. The molecule has 1 spiro atoms. The van der Waals surface area contributed by atoms with E-state index in [2.05, 4.69) is 0 Å². The molecule has 0 bridgehead atoms. The molecular weight excluding hydrogens is 226 g/mol. The van der Waals surface area contributed by atoms with Crippen LogP contribution in [0.2, 0.25) is 0 Å². The summed E-state index contributed by atoms with van der Waals surface area (Å²) in [6.45, 7) is 0. The Hall–Kier alpha value is -0.860. The Morgan fingerprint density at radius 3 is 1.94 bits per heavy atom. The van der Waals surface area contributed by atoms with Gasteiger partial charge in [-0.15, -0.1) is 0 Å². The van der Waals surface area contributed by atoms with Crippen LogP contribution in [-0.4, -0.2) is 22.8 Å². The summed E-state index contributed by atoms with van der Waals surface area (Å²) < 4.78 is 0. The summed E-state index contributed by atoms with van der Waals surface area (Å²) in [4.78, 5) is 26.4. The number of hydrogen-bond acceptors (Lipinski definition) is 2. The summed E-state index contributed by atoms with van der Waals surface area (Å²) in [6.07, 6.45) is 11.5. The van der Waals surface area contributed by atoms with Crippen molar-refractivity contribution < 1.29 is 9.59 Å². The standard InChI is InChI=1S/C15H23NO2/c17-13-10-15(8-4-1-5-9-15)11-14(18)16(13)12-6-2-3-7-12/h12H,1-11H2. The minimum absolute atomic E-state index is 0.0432. The van der Waals surface area contributed by atoms with Crippen molar-refractivity contribution in [3.8, 4) is 0 Å². The summed E-state index contributed by atoms with van der Waals surface area (Å²) in [7, 11) is 0. The largest absolute Gasteiger partial charge is 0.279 e. The lowest BCUT2D eigenvalue weighted by molar-refractivity contribution is -0.157. The van der Waals surface area contributed by atoms with Crippen LogP contribution in [0.25, 0.3) is 0 Å². The zero-order valence-electron chi connectivity index (χ0n) is 11.1. The number of hydrogen-bond donors (Lipinski definition) is 0. The molecule has 0 aromatic carbocycles. The minimum Gasteiger partial charge on any atom is -0.279 e. The molecule has 0 aromatic heterocycles. The van der Waals surface area contributed by atoms with Crippen LogP contribution in [-0.2, 0) is 9.59 Å². The van der Waals surface area contributed by atoms with Gasteiger partial charge in [-0.1, -0.05) is 32.1 Å². The van der Waals surface area contributed by atoms with Gasteiger partial charge in [0.05, 0.1) is 0 Å². The summed E-state index contributed by atoms with van der Waals surface area (Å²) in [5.74, 6) is 0.250. The lowest BCUT2D eigenvalue weighted by Crippen LogP contribution is -2.52. The van der Waals surface area contributed by atoms with Crippen molar-refractivity contribution in [2.75, 3.05) is 0 Å². The number of likely N-dealkylation sites (tertiary alicyclic amines) is 1. The second kappa shape index (κ2) is 4.67. The van der Waals surface area contributed by atoms with Crippen molar-refractivity contribution >= 4 is 11.8 Å². The summed E-state index contributed by atoms with van der Waals surface area (Å²) in [5, 5.41) is 0. The zero-order valence-corrected chi connectivity index (χ0v) is 11.1. The third-order valence-corrected chi connectivity index (χ3v) is 5.19. The average Bonchev–Trinajstić information content (AvgIpc) is 2.82. The Morgan fingerprint density at radius 1 is 0.833 bits per heavy atom. The van der Waals surface area contributed by atoms with Crippen molar-refractivity contribution in [3.05, 3.63) is 0 Å². The van der Waals surface area contributed by atoms with Crippen LogP contribution in [0.1, 0.15) is 70.6 Å². The van der Waals surface area contributed by atoms with E-state index in [0.29, 0.717) is 12.8 Å². The van der Waals surface area contributed by atoms with Crippen molar-refractivity contribution in [3.63, 3.8) is 0 Å². The van der Waals surface area contributed by atoms with Crippen molar-refractivity contribution in [1.82, 2.24) is 4.90 Å². The first kappa shape index (κ1) is 12.2. The summed E-state index contributed by atoms with van der Waals surface area (Å²) >= 11 is 0. The van der Waals surface area contributed by atoms with E-state index in [4.69, 9.17) is 0 Å². The van der Waals surface area contributed by atoms with E-state index in [1.54, 1.807) is 4.90 Å². The second-order valence-corrected chi connectivity index (χ2v) is 6.51. The maximum atomic E-state index is 12.4. The van der Waals surface area contributed by atoms with Crippen molar-refractivity contribution in [1.29, 1.82) is 0 Å². The topological polar surface area (TPSA) is 37.4 Å². The molecular formula is C15H23NO2. The highest BCUT2D eigenvalue weighted by Crippen LogP contribution is 2.46. The van der Waals surface area contributed by atoms with Gasteiger partial charge in [0.15, 0.2) is 0 Å². The van der Waals surface area contributed by atoms with Crippen LogP contribution in [0, 0.1) is 5.41 Å². The Bertz CT molecular complexity index is 332. The molecule has 2 saturated carbocycles. The van der Waals surface area contributed by atoms with E-state index >= 15 is 0 Å². The zero-order chi connectivity index (χ0) is 12.6. The van der Waals surface area contributed by atoms with Gasteiger partial charge in [0.25, 0.3) is 0 Å². The van der Waals surface area contributed by atoms with Gasteiger partial charge in [-0.2, -0.15) is 0 Å². The Labute approximate surface area is 109 Å². The van der Waals surface area contributed by atoms with Gasteiger partial charge in [-0.3, -0.25) is 14.5 Å². The van der Waals surface area contributed by atoms with Crippen LogP contribution in [0.15, 0.2) is 0 Å². The van der Waals surface area contributed by atoms with E-state index in [-0.39, 0.29) is 23.3 Å². The summed E-state index contributed by atoms with van der Waals surface area (Å²) in [5.41, 5.74) is 0.0432. The highest BCUT2D eigenvalue weighted by Gasteiger charge is 2.46. The first-order valence-electron chi connectivity index (χ1n) is 7.55. The van der Waals surface area contributed by atoms with Crippen LogP contribution in [0.4, 0.5) is 0 Å². The molecule has 18 heavy (non-hydrogen) atoms. The maximum absolute atomic E-state index is 12.4. The predicted octanol–water partition coefficient (Wildman–Crippen LogP) is 3.03. The number of imide groups is 1. The number of amides is 2. The highest BCUT2D eigenvalue weighted by molar-refractivity contribution is 5.99. The Kier molecular flexibility index (Phi) is 3.16. The third-order valence-electron chi connectivity index (χ3n) is 5.19. The van der Waals surface area contributed by atoms with Gasteiger partial charge in [-0.05, 0) is 31.1 Å². The minimum atomic E-state index is 0.0432. The van der Waals surface area contributed by atoms with Gasteiger partial charge in [0.2, 0.25) is 11.8 Å². The van der Waals surface area contributed by atoms with Crippen LogP contribution in [0.3, 0.4) is 0 Å². The molecule has 3 aliphatic rings. The van der Waals surface area contributed by atoms with Crippen LogP contribution in [0.5, 0.6) is 0 Å². The summed E-state index contributed by atoms with van der Waals surface area (Å²) in [6, 6.07) is 0.228. The molecule has 1 aliphatic heterocycles. The molecule has 3 nitrogen and oxygen atoms in total. The lowest BCUT2D eigenvalue weighted by Gasteiger charge is -2.44. The van der Waals surface area contributed by atoms with E-state index < -0.39 is 0 Å². The van der Waals surface area contributed by atoms with Gasteiger partial charge in [0.1, 0.15) is 0 Å². The van der Waals surface area contributed by atoms with Crippen LogP contribution >= 0.6 is 0 Å². The van der Waals surface area contributed by atoms with Gasteiger partial charge < -0.3 is 0 Å². The molecule has 100 valence electrons. The molecule has 0 aromatic rings. The molecule has 1 saturated heterocycles. The normalized spacial score (nSPS) is 29.2. The molecule has 3 fully saturated rings. The SMILES string of the molecule is O=C1CC2(CCCCC2)CC(=O)N1C1CCCC1. The number of nitrogens with zero attached hydrogens (tertiary/aromatic N) is 1. The molecule has 2 amide bonds. The van der Waals surface area contributed by atoms with E-state index in [9.17, 15) is 9.59 Å². The van der Waals surface area contributed by atoms with E-state index in [0.717, 1.165) is 25.7 Å². The smallest absolute Gasteiger partial charge is 0.229 e. The Balaban J connectivity index is 1.74. The molecule has 0 radical (unpaired) electrons. The fourth-order valence-electron chi connectivity index (χ4n) is 4.24. The van der Waals surface area contributed by atoms with Crippen molar-refractivity contribution in [2.24, 2.45) is 5.41 Å². The fraction of sp³-hybridized carbons (Fsp3) is 0.867. The van der Waals surface area contributed by atoms with Gasteiger partial charge in [-0.25, -0.2) is 0 Å². The van der Waals surface area contributed by atoms with Crippen molar-refractivity contribution in [2.45, 2.75) is 76.7 Å². The molecule has 0 N–H and O–H groups in total. The lowest BCUT2D eigenvalue weighted by atomic mass is 9.67. The predicted molar refractivity (Wildman–Crippen MR) is 68.9 cm³/mol. The molecule has 0 unspecified atom stereocenters. The van der Waals surface area contributed by atoms with E-state index in [1.807, 2.05) is 0 Å². The third kappa shape index (κ3) is 2.08. The van der Waals surface area contributed by atoms with Gasteiger partial charge >= 0.3 is 0 Å². The maximum Gasteiger partial charge on any atom is 0.229 e. The Morgan fingerprint density at radius 2 is 1.39 bits per heavy atom.